The number of hydrogen-bond acceptors (Lipinski definition) is 7. The summed E-state index contributed by atoms with van der Waals surface area (Å²) >= 11 is 0. The molecule has 7 heteroatoms. The van der Waals surface area contributed by atoms with Crippen molar-refractivity contribution in [3.63, 3.8) is 0 Å². The molecule has 94 valence electrons. The Morgan fingerprint density at radius 3 is 2.47 bits per heavy atom. The number of hydrazine groups is 1. The van der Waals surface area contributed by atoms with Gasteiger partial charge >= 0.3 is 0 Å². The second-order valence-electron chi connectivity index (χ2n) is 3.86. The number of aromatic nitrogens is 2. The maximum absolute atomic E-state index is 5.37. The van der Waals surface area contributed by atoms with Crippen molar-refractivity contribution in [2.24, 2.45) is 5.84 Å². The third kappa shape index (κ3) is 2.46. The third-order valence-corrected chi connectivity index (χ3v) is 2.95. The number of hydrogen-bond donors (Lipinski definition) is 2. The Morgan fingerprint density at radius 2 is 1.94 bits per heavy atom. The van der Waals surface area contributed by atoms with E-state index in [4.69, 9.17) is 15.3 Å². The molecule has 1 aromatic rings. The van der Waals surface area contributed by atoms with E-state index >= 15 is 0 Å². The molecule has 0 aromatic carbocycles. The smallest absolute Gasteiger partial charge is 0.145 e. The Morgan fingerprint density at radius 1 is 1.29 bits per heavy atom. The lowest BCUT2D eigenvalue weighted by Crippen LogP contribution is -2.27. The van der Waals surface area contributed by atoms with Crippen LogP contribution in [-0.4, -0.2) is 49.5 Å². The molecule has 0 radical (unpaired) electrons. The van der Waals surface area contributed by atoms with Crippen molar-refractivity contribution < 1.29 is 9.47 Å². The zero-order valence-electron chi connectivity index (χ0n) is 9.96. The summed E-state index contributed by atoms with van der Waals surface area (Å²) in [7, 11) is 3.38. The van der Waals surface area contributed by atoms with Crippen molar-refractivity contribution in [3.05, 3.63) is 12.4 Å². The van der Waals surface area contributed by atoms with Gasteiger partial charge < -0.3 is 19.8 Å². The number of methoxy groups -OCH3 is 2. The van der Waals surface area contributed by atoms with Crippen molar-refractivity contribution in [1.82, 2.24) is 9.97 Å². The van der Waals surface area contributed by atoms with Gasteiger partial charge in [0, 0.05) is 33.4 Å². The van der Waals surface area contributed by atoms with Gasteiger partial charge in [0.1, 0.15) is 30.2 Å². The summed E-state index contributed by atoms with van der Waals surface area (Å²) in [4.78, 5) is 10.3. The molecule has 17 heavy (non-hydrogen) atoms. The van der Waals surface area contributed by atoms with E-state index in [-0.39, 0.29) is 12.2 Å². The fraction of sp³-hybridized carbons (Fsp3) is 0.600. The molecule has 1 saturated heterocycles. The van der Waals surface area contributed by atoms with Gasteiger partial charge in [-0.05, 0) is 0 Å². The Labute approximate surface area is 99.9 Å². The van der Waals surface area contributed by atoms with Crippen LogP contribution < -0.4 is 16.2 Å². The predicted octanol–water partition coefficient (Wildman–Crippen LogP) is -0.388. The summed E-state index contributed by atoms with van der Waals surface area (Å²) in [6, 6.07) is 1.80. The largest absolute Gasteiger partial charge is 0.377 e. The summed E-state index contributed by atoms with van der Waals surface area (Å²) in [5.41, 5.74) is 2.50. The molecule has 2 heterocycles. The molecule has 2 rings (SSSR count). The van der Waals surface area contributed by atoms with Gasteiger partial charge in [0.05, 0.1) is 0 Å². The van der Waals surface area contributed by atoms with Crippen LogP contribution in [0.4, 0.5) is 11.6 Å². The molecule has 0 saturated carbocycles. The molecule has 1 aromatic heterocycles. The summed E-state index contributed by atoms with van der Waals surface area (Å²) in [5, 5.41) is 0. The fourth-order valence-corrected chi connectivity index (χ4v) is 1.98. The number of nitrogens with one attached hydrogen (secondary N) is 1. The number of ether oxygens (including phenoxy) is 2. The van der Waals surface area contributed by atoms with Crippen LogP contribution >= 0.6 is 0 Å². The van der Waals surface area contributed by atoms with Crippen molar-refractivity contribution in [1.29, 1.82) is 0 Å². The number of rotatable bonds is 4. The van der Waals surface area contributed by atoms with Gasteiger partial charge in [0.25, 0.3) is 0 Å². The third-order valence-electron chi connectivity index (χ3n) is 2.95. The zero-order chi connectivity index (χ0) is 12.3. The molecule has 2 atom stereocenters. The predicted molar refractivity (Wildman–Crippen MR) is 63.6 cm³/mol. The molecule has 7 nitrogen and oxygen atoms in total. The Bertz CT molecular complexity index is 363. The highest BCUT2D eigenvalue weighted by Gasteiger charge is 2.33. The summed E-state index contributed by atoms with van der Waals surface area (Å²) in [6.45, 7) is 1.49. The first kappa shape index (κ1) is 12.0. The Hall–Kier alpha value is -1.44. The van der Waals surface area contributed by atoms with Gasteiger partial charge in [-0.15, -0.1) is 0 Å². The SMILES string of the molecule is COC1CN(c2cc(NN)ncn2)CC1OC. The lowest BCUT2D eigenvalue weighted by Gasteiger charge is -2.16. The van der Waals surface area contributed by atoms with E-state index in [0.717, 1.165) is 18.9 Å². The monoisotopic (exact) mass is 239 g/mol. The van der Waals surface area contributed by atoms with E-state index in [0.29, 0.717) is 5.82 Å². The van der Waals surface area contributed by atoms with Crippen LogP contribution in [0.15, 0.2) is 12.4 Å². The number of anilines is 2. The standard InChI is InChI=1S/C10H17N5O2/c1-16-7-4-15(5-8(7)17-2)10-3-9(14-11)12-6-13-10/h3,6-8H,4-5,11H2,1-2H3,(H,12,13,14). The highest BCUT2D eigenvalue weighted by atomic mass is 16.5. The van der Waals surface area contributed by atoms with Crippen LogP contribution in [0.1, 0.15) is 0 Å². The van der Waals surface area contributed by atoms with Gasteiger partial charge in [-0.2, -0.15) is 0 Å². The van der Waals surface area contributed by atoms with Crippen molar-refractivity contribution >= 4 is 11.6 Å². The maximum atomic E-state index is 5.37. The van der Waals surface area contributed by atoms with Crippen LogP contribution in [0.25, 0.3) is 0 Å². The summed E-state index contributed by atoms with van der Waals surface area (Å²) in [6.07, 6.45) is 1.60. The van der Waals surface area contributed by atoms with E-state index in [9.17, 15) is 0 Å². The van der Waals surface area contributed by atoms with Gasteiger partial charge in [0.15, 0.2) is 0 Å². The molecule has 1 aliphatic heterocycles. The first-order valence-electron chi connectivity index (χ1n) is 5.37. The first-order chi connectivity index (χ1) is 8.28. The second kappa shape index (κ2) is 5.26. The summed E-state index contributed by atoms with van der Waals surface area (Å²) in [5.74, 6) is 6.72. The molecule has 3 N–H and O–H groups in total. The fourth-order valence-electron chi connectivity index (χ4n) is 1.98. The highest BCUT2D eigenvalue weighted by Crippen LogP contribution is 2.22. The minimum absolute atomic E-state index is 0.0595. The zero-order valence-corrected chi connectivity index (χ0v) is 9.96. The quantitative estimate of drug-likeness (QED) is 0.546. The molecule has 1 fully saturated rings. The topological polar surface area (TPSA) is 85.5 Å². The van der Waals surface area contributed by atoms with Gasteiger partial charge in [-0.3, -0.25) is 0 Å². The molecule has 0 aliphatic carbocycles. The Balaban J connectivity index is 2.13. The first-order valence-corrected chi connectivity index (χ1v) is 5.37. The molecule has 2 unspecified atom stereocenters. The summed E-state index contributed by atoms with van der Waals surface area (Å²) < 4.78 is 10.7. The molecular weight excluding hydrogens is 222 g/mol. The molecule has 0 spiro atoms. The van der Waals surface area contributed by atoms with E-state index in [2.05, 4.69) is 20.3 Å². The lowest BCUT2D eigenvalue weighted by atomic mass is 10.3. The maximum Gasteiger partial charge on any atom is 0.145 e. The van der Waals surface area contributed by atoms with E-state index in [1.54, 1.807) is 20.3 Å². The van der Waals surface area contributed by atoms with E-state index < -0.39 is 0 Å². The normalized spacial score (nSPS) is 24.1. The molecule has 1 aliphatic rings. The van der Waals surface area contributed by atoms with Crippen molar-refractivity contribution in [3.8, 4) is 0 Å². The van der Waals surface area contributed by atoms with Gasteiger partial charge in [0.2, 0.25) is 0 Å². The number of nitrogens with zero attached hydrogens (tertiary/aromatic N) is 3. The van der Waals surface area contributed by atoms with Crippen LogP contribution in [0.5, 0.6) is 0 Å². The van der Waals surface area contributed by atoms with Crippen LogP contribution in [0.2, 0.25) is 0 Å². The molecule has 0 bridgehead atoms. The van der Waals surface area contributed by atoms with Crippen molar-refractivity contribution in [2.75, 3.05) is 37.6 Å². The van der Waals surface area contributed by atoms with Gasteiger partial charge in [-0.25, -0.2) is 15.8 Å². The Kier molecular flexibility index (Phi) is 3.72. The van der Waals surface area contributed by atoms with E-state index in [1.807, 2.05) is 0 Å². The lowest BCUT2D eigenvalue weighted by molar-refractivity contribution is -0.00461. The van der Waals surface area contributed by atoms with Crippen molar-refractivity contribution in [2.45, 2.75) is 12.2 Å². The average Bonchev–Trinajstić information content (AvgIpc) is 2.82. The minimum atomic E-state index is 0.0595. The van der Waals surface area contributed by atoms with Crippen LogP contribution in [0.3, 0.4) is 0 Å². The van der Waals surface area contributed by atoms with Crippen LogP contribution in [-0.2, 0) is 9.47 Å². The average molecular weight is 239 g/mol. The van der Waals surface area contributed by atoms with Crippen LogP contribution in [0, 0.1) is 0 Å². The molecule has 0 amide bonds. The number of nitrogens with two attached hydrogens (primary N) is 1. The van der Waals surface area contributed by atoms with E-state index in [1.165, 1.54) is 6.33 Å². The highest BCUT2D eigenvalue weighted by molar-refractivity contribution is 5.48. The second-order valence-corrected chi connectivity index (χ2v) is 3.86. The minimum Gasteiger partial charge on any atom is -0.377 e. The molecular formula is C10H17N5O2. The van der Waals surface area contributed by atoms with Gasteiger partial charge in [-0.1, -0.05) is 0 Å². The number of nitrogen functional groups attached to an aromatic ring is 1.